The van der Waals surface area contributed by atoms with Crippen molar-refractivity contribution in [2.45, 2.75) is 51.4 Å². The Bertz CT molecular complexity index is 524. The average molecular weight is 434 g/mol. The van der Waals surface area contributed by atoms with Crippen LogP contribution < -0.4 is 68.9 Å². The van der Waals surface area contributed by atoms with Crippen LogP contribution >= 0.6 is 0 Å². The summed E-state index contributed by atoms with van der Waals surface area (Å²) < 4.78 is 0. The largest absolute Gasteiger partial charge is 1.00 e. The number of aliphatic carboxylic acids is 1. The molecule has 5 nitrogen and oxygen atoms in total. The molecule has 0 bridgehead atoms. The van der Waals surface area contributed by atoms with E-state index in [1.807, 2.05) is 6.07 Å². The zero-order chi connectivity index (χ0) is 16.2. The number of hydrogen-bond donors (Lipinski definition) is 1. The summed E-state index contributed by atoms with van der Waals surface area (Å²) in [7, 11) is 0. The van der Waals surface area contributed by atoms with Gasteiger partial charge in [0.05, 0.1) is 17.5 Å². The first-order valence-corrected chi connectivity index (χ1v) is 7.58. The molecule has 0 aliphatic rings. The standard InChI is InChI=1S/C17H22N2O3.Cs/c18-13-14-9-11-15(12-10-14)19-16(20)7-5-3-1-2-4-6-8-17(21)22;/h9-12H,1-8H2,(H2,19,20,21,22);/q;+1/p-1. The van der Waals surface area contributed by atoms with E-state index in [1.54, 1.807) is 24.3 Å². The van der Waals surface area contributed by atoms with E-state index in [-0.39, 0.29) is 81.2 Å². The molecule has 0 aliphatic carbocycles. The maximum Gasteiger partial charge on any atom is 1.00 e. The summed E-state index contributed by atoms with van der Waals surface area (Å²) in [5.74, 6) is -0.884. The second-order valence-electron chi connectivity index (χ2n) is 5.18. The molecule has 1 rings (SSSR count). The number of carboxylic acid groups (broad SMARTS) is 1. The molecular weight excluding hydrogens is 413 g/mol. The SMILES string of the molecule is N#Cc1ccc([N-]C(=O)CCCCCCCCC(=O)O)cc1.[Cs+]. The van der Waals surface area contributed by atoms with Crippen molar-refractivity contribution in [3.8, 4) is 6.07 Å². The molecule has 0 fully saturated rings. The van der Waals surface area contributed by atoms with Crippen LogP contribution in [0.3, 0.4) is 0 Å². The molecule has 6 heteroatoms. The monoisotopic (exact) mass is 434 g/mol. The maximum atomic E-state index is 11.7. The number of carbonyl (C=O) groups is 2. The van der Waals surface area contributed by atoms with Crippen molar-refractivity contribution < 1.29 is 83.6 Å². The van der Waals surface area contributed by atoms with E-state index in [1.165, 1.54) is 0 Å². The van der Waals surface area contributed by atoms with E-state index in [0.29, 0.717) is 17.7 Å². The Kier molecular flexibility index (Phi) is 13.9. The van der Waals surface area contributed by atoms with Crippen LogP contribution in [0.1, 0.15) is 56.9 Å². The Labute approximate surface area is 196 Å². The maximum absolute atomic E-state index is 11.7. The van der Waals surface area contributed by atoms with Gasteiger partial charge in [0.2, 0.25) is 0 Å². The summed E-state index contributed by atoms with van der Waals surface area (Å²) in [5, 5.41) is 21.2. The van der Waals surface area contributed by atoms with Gasteiger partial charge < -0.3 is 15.2 Å². The van der Waals surface area contributed by atoms with Crippen LogP contribution in [0, 0.1) is 11.3 Å². The van der Waals surface area contributed by atoms with Crippen molar-refractivity contribution in [3.05, 3.63) is 35.1 Å². The van der Waals surface area contributed by atoms with Gasteiger partial charge in [-0.3, -0.25) is 4.79 Å². The van der Waals surface area contributed by atoms with E-state index < -0.39 is 5.97 Å². The third kappa shape index (κ3) is 11.8. The van der Waals surface area contributed by atoms with Crippen LogP contribution in [-0.2, 0) is 9.59 Å². The Balaban J connectivity index is 0.00000484. The van der Waals surface area contributed by atoms with Crippen LogP contribution in [0.2, 0.25) is 0 Å². The fourth-order valence-corrected chi connectivity index (χ4v) is 2.07. The topological polar surface area (TPSA) is 92.3 Å². The normalized spacial score (nSPS) is 9.52. The molecule has 0 atom stereocenters. The van der Waals surface area contributed by atoms with Crippen LogP contribution in [0.4, 0.5) is 5.69 Å². The molecule has 0 radical (unpaired) electrons. The number of nitriles is 1. The Morgan fingerprint density at radius 2 is 1.48 bits per heavy atom. The molecule has 1 N–H and O–H groups in total. The fraction of sp³-hybridized carbons (Fsp3) is 0.471. The summed E-state index contributed by atoms with van der Waals surface area (Å²) in [6, 6.07) is 8.63. The van der Waals surface area contributed by atoms with Gasteiger partial charge in [-0.1, -0.05) is 37.8 Å². The van der Waals surface area contributed by atoms with Crippen molar-refractivity contribution in [1.82, 2.24) is 0 Å². The van der Waals surface area contributed by atoms with Gasteiger partial charge in [0, 0.05) is 6.42 Å². The minimum absolute atomic E-state index is 0. The molecule has 0 spiro atoms. The average Bonchev–Trinajstić information content (AvgIpc) is 2.50. The second kappa shape index (κ2) is 14.1. The van der Waals surface area contributed by atoms with Gasteiger partial charge in [-0.25, -0.2) is 0 Å². The first kappa shape index (κ1) is 22.7. The van der Waals surface area contributed by atoms with Crippen molar-refractivity contribution in [2.75, 3.05) is 0 Å². The van der Waals surface area contributed by atoms with E-state index >= 15 is 0 Å². The number of carboxylic acids is 1. The van der Waals surface area contributed by atoms with Crippen molar-refractivity contribution in [1.29, 1.82) is 5.26 Å². The summed E-state index contributed by atoms with van der Waals surface area (Å²) in [4.78, 5) is 22.0. The van der Waals surface area contributed by atoms with Crippen molar-refractivity contribution in [2.24, 2.45) is 0 Å². The minimum Gasteiger partial charge on any atom is -0.627 e. The number of amides is 1. The minimum atomic E-state index is -0.741. The Morgan fingerprint density at radius 3 is 2.00 bits per heavy atom. The Hall–Kier alpha value is -0.298. The zero-order valence-electron chi connectivity index (χ0n) is 13.6. The van der Waals surface area contributed by atoms with Crippen LogP contribution in [0.15, 0.2) is 24.3 Å². The molecular formula is C17H21CsN2O3. The van der Waals surface area contributed by atoms with Crippen LogP contribution in [0.5, 0.6) is 0 Å². The van der Waals surface area contributed by atoms with E-state index in [4.69, 9.17) is 10.4 Å². The molecule has 0 unspecified atom stereocenters. The molecule has 0 heterocycles. The first-order chi connectivity index (χ1) is 10.6. The van der Waals surface area contributed by atoms with E-state index in [9.17, 15) is 9.59 Å². The third-order valence-corrected chi connectivity index (χ3v) is 3.28. The Morgan fingerprint density at radius 1 is 0.957 bits per heavy atom. The van der Waals surface area contributed by atoms with Gasteiger partial charge in [-0.15, -0.1) is 5.69 Å². The summed E-state index contributed by atoms with van der Waals surface area (Å²) in [6.07, 6.45) is 6.10. The molecule has 0 aromatic heterocycles. The van der Waals surface area contributed by atoms with Crippen LogP contribution in [0.25, 0.3) is 5.32 Å². The molecule has 118 valence electrons. The smallest absolute Gasteiger partial charge is 0.627 e. The number of unbranched alkanes of at least 4 members (excludes halogenated alkanes) is 5. The number of rotatable bonds is 10. The molecule has 0 aliphatic heterocycles. The van der Waals surface area contributed by atoms with Gasteiger partial charge in [-0.05, 0) is 31.4 Å². The quantitative estimate of drug-likeness (QED) is 0.562. The molecule has 0 saturated heterocycles. The second-order valence-corrected chi connectivity index (χ2v) is 5.18. The predicted molar refractivity (Wildman–Crippen MR) is 83.8 cm³/mol. The van der Waals surface area contributed by atoms with Crippen LogP contribution in [-0.4, -0.2) is 17.0 Å². The number of carbonyl (C=O) groups excluding carboxylic acids is 1. The number of hydrogen-bond acceptors (Lipinski definition) is 3. The zero-order valence-corrected chi connectivity index (χ0v) is 19.9. The summed E-state index contributed by atoms with van der Waals surface area (Å²) >= 11 is 0. The molecule has 23 heavy (non-hydrogen) atoms. The van der Waals surface area contributed by atoms with Gasteiger partial charge >= 0.3 is 74.9 Å². The number of nitrogens with zero attached hydrogens (tertiary/aromatic N) is 2. The van der Waals surface area contributed by atoms with Gasteiger partial charge in [0.1, 0.15) is 0 Å². The number of benzene rings is 1. The molecule has 1 aromatic rings. The van der Waals surface area contributed by atoms with Crippen molar-refractivity contribution in [3.63, 3.8) is 0 Å². The fourth-order valence-electron chi connectivity index (χ4n) is 2.07. The molecule has 1 aromatic carbocycles. The van der Waals surface area contributed by atoms with Gasteiger partial charge in [0.15, 0.2) is 0 Å². The van der Waals surface area contributed by atoms with E-state index in [0.717, 1.165) is 38.5 Å². The third-order valence-electron chi connectivity index (χ3n) is 3.28. The summed E-state index contributed by atoms with van der Waals surface area (Å²) in [5.41, 5.74) is 1.13. The molecule has 1 amide bonds. The van der Waals surface area contributed by atoms with Gasteiger partial charge in [0.25, 0.3) is 0 Å². The predicted octanol–water partition coefficient (Wildman–Crippen LogP) is 1.30. The van der Waals surface area contributed by atoms with E-state index in [2.05, 4.69) is 5.32 Å². The first-order valence-electron chi connectivity index (χ1n) is 7.58. The summed E-state index contributed by atoms with van der Waals surface area (Å²) in [6.45, 7) is 0. The molecule has 0 saturated carbocycles. The van der Waals surface area contributed by atoms with Gasteiger partial charge in [-0.2, -0.15) is 5.26 Å². The van der Waals surface area contributed by atoms with Crippen molar-refractivity contribution >= 4 is 17.6 Å².